The quantitative estimate of drug-likeness (QED) is 0.293. The second kappa shape index (κ2) is 10.8. The number of nitro groups is 1. The Hall–Kier alpha value is -3.69. The molecule has 10 heteroatoms. The third-order valence-corrected chi connectivity index (χ3v) is 4.99. The number of ether oxygens (including phenoxy) is 1. The maximum atomic E-state index is 12.5. The number of benzene rings is 2. The first-order chi connectivity index (χ1) is 15.7. The Labute approximate surface area is 193 Å². The van der Waals surface area contributed by atoms with Crippen molar-refractivity contribution in [1.82, 2.24) is 14.9 Å². The minimum Gasteiger partial charge on any atom is -0.494 e. The van der Waals surface area contributed by atoms with Crippen LogP contribution in [0.3, 0.4) is 0 Å². The van der Waals surface area contributed by atoms with Crippen molar-refractivity contribution in [3.05, 3.63) is 100 Å². The lowest BCUT2D eigenvalue weighted by Crippen LogP contribution is -2.46. The van der Waals surface area contributed by atoms with Gasteiger partial charge in [-0.25, -0.2) is 0 Å². The summed E-state index contributed by atoms with van der Waals surface area (Å²) in [5.41, 5.74) is -0.279. The molecule has 0 aliphatic rings. The van der Waals surface area contributed by atoms with E-state index in [1.165, 1.54) is 24.3 Å². The third kappa shape index (κ3) is 6.64. The van der Waals surface area contributed by atoms with Gasteiger partial charge in [-0.15, -0.1) is 0 Å². The van der Waals surface area contributed by atoms with E-state index in [1.54, 1.807) is 30.3 Å². The van der Waals surface area contributed by atoms with E-state index in [2.05, 4.69) is 14.9 Å². The first-order valence-corrected chi connectivity index (χ1v) is 10.5. The molecule has 3 rings (SSSR count). The molecule has 0 saturated heterocycles. The van der Waals surface area contributed by atoms with Crippen LogP contribution in [0.1, 0.15) is 17.5 Å². The number of nitrogens with one attached hydrogen (secondary N) is 2. The number of rotatable bonds is 8. The van der Waals surface area contributed by atoms with Gasteiger partial charge in [0.05, 0.1) is 11.5 Å². The molecule has 33 heavy (non-hydrogen) atoms. The van der Waals surface area contributed by atoms with Gasteiger partial charge in [-0.05, 0) is 62.0 Å². The molecule has 0 bridgehead atoms. The maximum absolute atomic E-state index is 12.5. The van der Waals surface area contributed by atoms with E-state index < -0.39 is 16.0 Å². The Morgan fingerprint density at radius 1 is 1.00 bits per heavy atom. The van der Waals surface area contributed by atoms with Crippen molar-refractivity contribution in [2.45, 2.75) is 6.42 Å². The summed E-state index contributed by atoms with van der Waals surface area (Å²) in [6, 6.07) is 11.3. The van der Waals surface area contributed by atoms with E-state index in [4.69, 9.17) is 16.3 Å². The van der Waals surface area contributed by atoms with Gasteiger partial charge in [0.2, 0.25) is 0 Å². The summed E-state index contributed by atoms with van der Waals surface area (Å²) >= 11 is 5.81. The molecule has 3 aromatic rings. The molecule has 9 nitrogen and oxygen atoms in total. The molecular weight excluding hydrogens is 448 g/mol. The number of H-pyrrole nitrogens is 2. The molecule has 0 spiro atoms. The second-order valence-electron chi connectivity index (χ2n) is 7.57. The van der Waals surface area contributed by atoms with Crippen LogP contribution in [0.15, 0.2) is 52.1 Å². The molecule has 2 N–H and O–H groups in total. The minimum absolute atomic E-state index is 0.0190. The van der Waals surface area contributed by atoms with Gasteiger partial charge >= 0.3 is 0 Å². The molecule has 172 valence electrons. The molecule has 0 saturated carbocycles. The number of nitrogens with zero attached hydrogens (tertiary/aromatic N) is 2. The Morgan fingerprint density at radius 2 is 1.58 bits per heavy atom. The Balaban J connectivity index is 1.84. The summed E-state index contributed by atoms with van der Waals surface area (Å²) in [5.74, 6) is 0.718. The highest BCUT2D eigenvalue weighted by Gasteiger charge is 2.12. The van der Waals surface area contributed by atoms with Gasteiger partial charge < -0.3 is 19.6 Å². The van der Waals surface area contributed by atoms with Crippen LogP contribution >= 0.6 is 11.6 Å². The van der Waals surface area contributed by atoms with Gasteiger partial charge in [0, 0.05) is 12.6 Å². The van der Waals surface area contributed by atoms with E-state index >= 15 is 0 Å². The topological polar surface area (TPSA) is 121 Å². The number of aromatic amines is 2. The highest BCUT2D eigenvalue weighted by molar-refractivity contribution is 6.32. The van der Waals surface area contributed by atoms with Crippen molar-refractivity contribution in [3.8, 4) is 5.75 Å². The normalized spacial score (nSPS) is 12.4. The first kappa shape index (κ1) is 24.0. The van der Waals surface area contributed by atoms with Gasteiger partial charge in [-0.3, -0.25) is 19.7 Å². The van der Waals surface area contributed by atoms with E-state index in [0.717, 1.165) is 18.7 Å². The van der Waals surface area contributed by atoms with Crippen LogP contribution in [-0.4, -0.2) is 47.0 Å². The highest BCUT2D eigenvalue weighted by Crippen LogP contribution is 2.25. The fraction of sp³-hybridized carbons (Fsp3) is 0.217. The predicted molar refractivity (Wildman–Crippen MR) is 127 cm³/mol. The molecule has 0 aliphatic heterocycles. The van der Waals surface area contributed by atoms with E-state index in [1.807, 2.05) is 14.1 Å². The van der Waals surface area contributed by atoms with Crippen LogP contribution in [0.4, 0.5) is 5.69 Å². The van der Waals surface area contributed by atoms with Crippen molar-refractivity contribution in [3.63, 3.8) is 0 Å². The van der Waals surface area contributed by atoms with Crippen LogP contribution < -0.4 is 26.6 Å². The molecule has 1 aromatic heterocycles. The highest BCUT2D eigenvalue weighted by atomic mass is 35.5. The summed E-state index contributed by atoms with van der Waals surface area (Å²) in [4.78, 5) is 42.5. The fourth-order valence-electron chi connectivity index (χ4n) is 3.02. The zero-order chi connectivity index (χ0) is 24.0. The van der Waals surface area contributed by atoms with Crippen molar-refractivity contribution in [1.29, 1.82) is 0 Å². The Morgan fingerprint density at radius 3 is 2.15 bits per heavy atom. The number of hydrogen-bond acceptors (Lipinski definition) is 6. The van der Waals surface area contributed by atoms with Crippen LogP contribution in [0.2, 0.25) is 5.02 Å². The lowest BCUT2D eigenvalue weighted by Gasteiger charge is -2.10. The molecular formula is C23H23ClN4O5. The SMILES string of the molecule is CN(C)CCCOc1ccc(C=c2[nH]c(=O)c(=Cc3ccc(Cl)c([N+](=O)[O-])c3)[nH]c2=O)cc1. The zero-order valence-electron chi connectivity index (χ0n) is 18.1. The molecule has 0 atom stereocenters. The van der Waals surface area contributed by atoms with Crippen molar-refractivity contribution in [2.24, 2.45) is 0 Å². The summed E-state index contributed by atoms with van der Waals surface area (Å²) in [6.45, 7) is 1.54. The number of halogens is 1. The Bertz CT molecular complexity index is 1380. The monoisotopic (exact) mass is 470 g/mol. The fourth-order valence-corrected chi connectivity index (χ4v) is 3.21. The minimum atomic E-state index is -0.620. The van der Waals surface area contributed by atoms with E-state index in [9.17, 15) is 19.7 Å². The van der Waals surface area contributed by atoms with Gasteiger partial charge in [-0.1, -0.05) is 29.8 Å². The molecule has 0 aliphatic carbocycles. The zero-order valence-corrected chi connectivity index (χ0v) is 18.9. The molecule has 0 radical (unpaired) electrons. The van der Waals surface area contributed by atoms with Gasteiger partial charge in [0.1, 0.15) is 21.5 Å². The Kier molecular flexibility index (Phi) is 7.81. The molecule has 2 aromatic carbocycles. The van der Waals surface area contributed by atoms with Crippen LogP contribution in [0.5, 0.6) is 5.75 Å². The summed E-state index contributed by atoms with van der Waals surface area (Å²) in [5, 5.41) is 11.1. The lowest BCUT2D eigenvalue weighted by atomic mass is 10.2. The van der Waals surface area contributed by atoms with Crippen molar-refractivity contribution in [2.75, 3.05) is 27.2 Å². The smallest absolute Gasteiger partial charge is 0.288 e. The molecule has 0 unspecified atom stereocenters. The summed E-state index contributed by atoms with van der Waals surface area (Å²) in [6.07, 6.45) is 3.80. The summed E-state index contributed by atoms with van der Waals surface area (Å²) < 4.78 is 5.69. The largest absolute Gasteiger partial charge is 0.494 e. The maximum Gasteiger partial charge on any atom is 0.288 e. The van der Waals surface area contributed by atoms with Crippen LogP contribution in [0.25, 0.3) is 12.2 Å². The average Bonchev–Trinajstić information content (AvgIpc) is 2.76. The van der Waals surface area contributed by atoms with Crippen molar-refractivity contribution >= 4 is 29.4 Å². The van der Waals surface area contributed by atoms with Gasteiger partial charge in [-0.2, -0.15) is 0 Å². The predicted octanol–water partition coefficient (Wildman–Crippen LogP) is 1.61. The van der Waals surface area contributed by atoms with E-state index in [0.29, 0.717) is 17.7 Å². The van der Waals surface area contributed by atoms with Gasteiger partial charge in [0.15, 0.2) is 0 Å². The number of nitro benzene ring substituents is 1. The molecule has 0 amide bonds. The van der Waals surface area contributed by atoms with E-state index in [-0.39, 0.29) is 21.4 Å². The van der Waals surface area contributed by atoms with Crippen LogP contribution in [0, 0.1) is 10.1 Å². The first-order valence-electron chi connectivity index (χ1n) is 10.1. The molecule has 1 heterocycles. The number of aromatic nitrogens is 2. The van der Waals surface area contributed by atoms with Crippen LogP contribution in [-0.2, 0) is 0 Å². The number of hydrogen-bond donors (Lipinski definition) is 2. The average molecular weight is 471 g/mol. The van der Waals surface area contributed by atoms with Gasteiger partial charge in [0.25, 0.3) is 16.8 Å². The molecule has 0 fully saturated rings. The lowest BCUT2D eigenvalue weighted by molar-refractivity contribution is -0.384. The summed E-state index contributed by atoms with van der Waals surface area (Å²) in [7, 11) is 4.01. The second-order valence-corrected chi connectivity index (χ2v) is 7.97. The van der Waals surface area contributed by atoms with Crippen molar-refractivity contribution < 1.29 is 9.66 Å². The third-order valence-electron chi connectivity index (χ3n) is 4.67. The standard InChI is InChI=1S/C23H23ClN4O5/c1-27(2)10-3-11-33-17-7-4-15(5-8-17)12-19-22(29)26-20(23(30)25-19)13-16-6-9-18(24)21(14-16)28(31)32/h4-9,12-14H,3,10-11H2,1-2H3,(H,25,30)(H,26,29).